The van der Waals surface area contributed by atoms with Gasteiger partial charge in [-0.25, -0.2) is 9.97 Å². The van der Waals surface area contributed by atoms with Gasteiger partial charge in [-0.1, -0.05) is 11.3 Å². The van der Waals surface area contributed by atoms with Crippen LogP contribution < -0.4 is 10.1 Å². The molecule has 104 valence electrons. The molecule has 0 aliphatic heterocycles. The van der Waals surface area contributed by atoms with Crippen molar-refractivity contribution >= 4 is 38.5 Å². The normalized spacial score (nSPS) is 15.1. The molecule has 0 aromatic carbocycles. The first kappa shape index (κ1) is 11.9. The Balaban J connectivity index is 1.86. The van der Waals surface area contributed by atoms with E-state index in [4.69, 9.17) is 4.74 Å². The maximum Gasteiger partial charge on any atom is 0.275 e. The van der Waals surface area contributed by atoms with E-state index in [-0.39, 0.29) is 0 Å². The van der Waals surface area contributed by atoms with E-state index < -0.39 is 0 Å². The number of rotatable bonds is 4. The van der Waals surface area contributed by atoms with Crippen LogP contribution in [0.2, 0.25) is 0 Å². The number of fused-ring (bicyclic) bond motifs is 3. The first-order valence-electron chi connectivity index (χ1n) is 6.68. The van der Waals surface area contributed by atoms with E-state index in [2.05, 4.69) is 20.3 Å². The van der Waals surface area contributed by atoms with Crippen LogP contribution in [0, 0.1) is 5.92 Å². The van der Waals surface area contributed by atoms with E-state index in [0.29, 0.717) is 5.19 Å². The van der Waals surface area contributed by atoms with E-state index in [0.717, 1.165) is 39.7 Å². The monoisotopic (exact) mass is 289 g/mol. The average Bonchev–Trinajstić information content (AvgIpc) is 3.07. The Kier molecular flexibility index (Phi) is 2.56. The van der Waals surface area contributed by atoms with Crippen molar-refractivity contribution in [1.82, 2.24) is 19.5 Å². The highest BCUT2D eigenvalue weighted by molar-refractivity contribution is 7.20. The number of pyridine rings is 1. The number of nitrogens with zero attached hydrogens (tertiary/aromatic N) is 4. The smallest absolute Gasteiger partial charge is 0.275 e. The largest absolute Gasteiger partial charge is 0.470 e. The van der Waals surface area contributed by atoms with Crippen LogP contribution in [0.25, 0.3) is 21.4 Å². The summed E-state index contributed by atoms with van der Waals surface area (Å²) in [4.78, 5) is 14.5. The molecule has 0 saturated heterocycles. The number of anilines is 1. The maximum atomic E-state index is 5.77. The average molecular weight is 289 g/mol. The van der Waals surface area contributed by atoms with Crippen molar-refractivity contribution in [2.24, 2.45) is 13.0 Å². The molecule has 3 aromatic heterocycles. The van der Waals surface area contributed by atoms with Crippen LogP contribution in [-0.2, 0) is 7.05 Å². The Morgan fingerprint density at radius 1 is 1.40 bits per heavy atom. The van der Waals surface area contributed by atoms with E-state index in [1.54, 1.807) is 6.33 Å². The van der Waals surface area contributed by atoms with Crippen molar-refractivity contribution in [3.63, 3.8) is 0 Å². The van der Waals surface area contributed by atoms with E-state index in [9.17, 15) is 0 Å². The van der Waals surface area contributed by atoms with Gasteiger partial charge >= 0.3 is 0 Å². The van der Waals surface area contributed by atoms with Crippen molar-refractivity contribution in [2.45, 2.75) is 12.8 Å². The summed E-state index contributed by atoms with van der Waals surface area (Å²) in [5, 5.41) is 3.80. The molecule has 7 heteroatoms. The van der Waals surface area contributed by atoms with Gasteiger partial charge in [0.1, 0.15) is 16.6 Å². The van der Waals surface area contributed by atoms with Gasteiger partial charge < -0.3 is 14.6 Å². The molecule has 1 N–H and O–H groups in total. The van der Waals surface area contributed by atoms with E-state index in [1.807, 2.05) is 18.7 Å². The number of hydrogen-bond donors (Lipinski definition) is 1. The fraction of sp³-hybridized carbons (Fsp3) is 0.462. The van der Waals surface area contributed by atoms with Crippen LogP contribution in [0.5, 0.6) is 5.19 Å². The molecule has 1 saturated carbocycles. The van der Waals surface area contributed by atoms with Crippen LogP contribution >= 0.6 is 11.3 Å². The van der Waals surface area contributed by atoms with Gasteiger partial charge in [-0.15, -0.1) is 0 Å². The molecule has 4 rings (SSSR count). The zero-order chi connectivity index (χ0) is 13.7. The Morgan fingerprint density at radius 3 is 3.00 bits per heavy atom. The molecule has 1 aliphatic rings. The van der Waals surface area contributed by atoms with Crippen LogP contribution in [0.3, 0.4) is 0 Å². The molecule has 0 atom stereocenters. The van der Waals surface area contributed by atoms with Crippen molar-refractivity contribution < 1.29 is 4.74 Å². The second kappa shape index (κ2) is 4.31. The van der Waals surface area contributed by atoms with Gasteiger partial charge in [-0.2, -0.15) is 4.98 Å². The first-order chi connectivity index (χ1) is 9.76. The molecule has 1 aliphatic carbocycles. The van der Waals surface area contributed by atoms with Gasteiger partial charge in [0.2, 0.25) is 0 Å². The Hall–Kier alpha value is -1.89. The lowest BCUT2D eigenvalue weighted by molar-refractivity contribution is 0.299. The Bertz CT molecular complexity index is 789. The third-order valence-corrected chi connectivity index (χ3v) is 4.43. The molecular weight excluding hydrogens is 274 g/mol. The van der Waals surface area contributed by atoms with E-state index >= 15 is 0 Å². The fourth-order valence-corrected chi connectivity index (χ4v) is 3.08. The van der Waals surface area contributed by atoms with Crippen LogP contribution in [-0.4, -0.2) is 33.2 Å². The zero-order valence-electron chi connectivity index (χ0n) is 11.4. The molecule has 3 heterocycles. The summed E-state index contributed by atoms with van der Waals surface area (Å²) >= 11 is 1.50. The third kappa shape index (κ3) is 1.81. The molecular formula is C13H15N5OS. The second-order valence-electron chi connectivity index (χ2n) is 5.15. The minimum Gasteiger partial charge on any atom is -0.470 e. The number of hydrogen-bond acceptors (Lipinski definition) is 6. The fourth-order valence-electron chi connectivity index (χ4n) is 2.27. The standard InChI is InChI=1S/C13H15N5OS/c1-14-11-8-10(18(2)6-15-8)9-12(17-11)20-13(16-9)19-5-7-3-4-7/h6-7H,3-5H2,1-2H3,(H,14,17). The second-order valence-corrected chi connectivity index (χ2v) is 6.09. The summed E-state index contributed by atoms with van der Waals surface area (Å²) < 4.78 is 7.75. The van der Waals surface area contributed by atoms with Crippen molar-refractivity contribution in [3.8, 4) is 5.19 Å². The number of aryl methyl sites for hydroxylation is 1. The number of thiazole rings is 1. The molecule has 0 radical (unpaired) electrons. The van der Waals surface area contributed by atoms with E-state index in [1.165, 1.54) is 24.2 Å². The molecule has 0 amide bonds. The Morgan fingerprint density at radius 2 is 2.25 bits per heavy atom. The number of nitrogens with one attached hydrogen (secondary N) is 1. The summed E-state index contributed by atoms with van der Waals surface area (Å²) in [6.07, 6.45) is 4.34. The predicted octanol–water partition coefficient (Wildman–Crippen LogP) is 2.41. The van der Waals surface area contributed by atoms with Gasteiger partial charge in [0.05, 0.1) is 12.9 Å². The SMILES string of the molecule is CNc1nc2sc(OCC3CC3)nc2c2c1ncn2C. The topological polar surface area (TPSA) is 64.9 Å². The zero-order valence-corrected chi connectivity index (χ0v) is 12.2. The molecule has 3 aromatic rings. The molecule has 0 unspecified atom stereocenters. The number of aromatic nitrogens is 4. The highest BCUT2D eigenvalue weighted by atomic mass is 32.1. The quantitative estimate of drug-likeness (QED) is 0.799. The highest BCUT2D eigenvalue weighted by Crippen LogP contribution is 2.35. The minimum atomic E-state index is 0.704. The van der Waals surface area contributed by atoms with Gasteiger partial charge in [0.25, 0.3) is 5.19 Å². The number of ether oxygens (including phenoxy) is 1. The third-order valence-electron chi connectivity index (χ3n) is 3.56. The van der Waals surface area contributed by atoms with Gasteiger partial charge in [-0.3, -0.25) is 0 Å². The lowest BCUT2D eigenvalue weighted by Crippen LogP contribution is -1.98. The van der Waals surface area contributed by atoms with Crippen molar-refractivity contribution in [3.05, 3.63) is 6.33 Å². The summed E-state index contributed by atoms with van der Waals surface area (Å²) in [5.41, 5.74) is 2.72. The summed E-state index contributed by atoms with van der Waals surface area (Å²) in [5.74, 6) is 1.50. The van der Waals surface area contributed by atoms with Gasteiger partial charge in [-0.05, 0) is 18.8 Å². The Labute approximate surface area is 119 Å². The van der Waals surface area contributed by atoms with Gasteiger partial charge in [0.15, 0.2) is 10.6 Å². The summed E-state index contributed by atoms with van der Waals surface area (Å²) in [6, 6.07) is 0. The van der Waals surface area contributed by atoms with Crippen LogP contribution in [0.1, 0.15) is 12.8 Å². The lowest BCUT2D eigenvalue weighted by Gasteiger charge is -2.01. The summed E-state index contributed by atoms with van der Waals surface area (Å²) in [7, 11) is 3.83. The molecule has 20 heavy (non-hydrogen) atoms. The number of imidazole rings is 1. The minimum absolute atomic E-state index is 0.704. The molecule has 6 nitrogen and oxygen atoms in total. The molecule has 1 fully saturated rings. The first-order valence-corrected chi connectivity index (χ1v) is 7.50. The predicted molar refractivity (Wildman–Crippen MR) is 79.5 cm³/mol. The molecule has 0 spiro atoms. The van der Waals surface area contributed by atoms with Crippen LogP contribution in [0.15, 0.2) is 6.33 Å². The van der Waals surface area contributed by atoms with Crippen LogP contribution in [0.4, 0.5) is 5.82 Å². The lowest BCUT2D eigenvalue weighted by atomic mass is 10.3. The highest BCUT2D eigenvalue weighted by Gasteiger charge is 2.23. The van der Waals surface area contributed by atoms with Crippen molar-refractivity contribution in [1.29, 1.82) is 0 Å². The van der Waals surface area contributed by atoms with Gasteiger partial charge in [0, 0.05) is 14.1 Å². The van der Waals surface area contributed by atoms with Crippen molar-refractivity contribution in [2.75, 3.05) is 19.0 Å². The molecule has 0 bridgehead atoms. The maximum absolute atomic E-state index is 5.77. The summed E-state index contributed by atoms with van der Waals surface area (Å²) in [6.45, 7) is 0.771.